The Morgan fingerprint density at radius 2 is 2.00 bits per heavy atom. The molecule has 0 unspecified atom stereocenters. The molecule has 0 bridgehead atoms. The number of aliphatic hydroxyl groups excluding tert-OH is 1. The van der Waals surface area contributed by atoms with Crippen molar-refractivity contribution in [1.82, 2.24) is 4.90 Å². The average molecular weight is 292 g/mol. The van der Waals surface area contributed by atoms with Crippen molar-refractivity contribution in [3.05, 3.63) is 33.8 Å². The normalized spacial score (nSPS) is 10.9. The maximum absolute atomic E-state index is 10.7. The van der Waals surface area contributed by atoms with E-state index in [9.17, 15) is 4.79 Å². The van der Waals surface area contributed by atoms with Gasteiger partial charge in [-0.05, 0) is 24.1 Å². The quantitative estimate of drug-likeness (QED) is 0.809. The zero-order chi connectivity index (χ0) is 13.5. The zero-order valence-corrected chi connectivity index (χ0v) is 11.3. The summed E-state index contributed by atoms with van der Waals surface area (Å²) in [7, 11) is 0. The number of nitrogens with zero attached hydrogens (tertiary/aromatic N) is 1. The maximum atomic E-state index is 10.7. The predicted molar refractivity (Wildman–Crippen MR) is 71.1 cm³/mol. The highest BCUT2D eigenvalue weighted by Crippen LogP contribution is 2.23. The summed E-state index contributed by atoms with van der Waals surface area (Å²) in [6, 6.07) is 5.21. The molecular formula is C12H15Cl2NO3. The van der Waals surface area contributed by atoms with E-state index in [4.69, 9.17) is 33.4 Å². The Bertz CT molecular complexity index is 412. The summed E-state index contributed by atoms with van der Waals surface area (Å²) in [4.78, 5) is 12.5. The summed E-state index contributed by atoms with van der Waals surface area (Å²) in [5.41, 5.74) is 0.892. The van der Waals surface area contributed by atoms with Crippen LogP contribution in [0, 0.1) is 0 Å². The summed E-state index contributed by atoms with van der Waals surface area (Å²) in [5.74, 6) is -0.895. The fourth-order valence-electron chi connectivity index (χ4n) is 1.60. The molecule has 0 aliphatic carbocycles. The van der Waals surface area contributed by atoms with Crippen LogP contribution in [0.5, 0.6) is 0 Å². The molecule has 0 atom stereocenters. The molecular weight excluding hydrogens is 277 g/mol. The Hall–Kier alpha value is -0.810. The first-order valence-corrected chi connectivity index (χ1v) is 6.27. The van der Waals surface area contributed by atoms with Gasteiger partial charge in [0.15, 0.2) is 0 Å². The molecule has 0 amide bonds. The van der Waals surface area contributed by atoms with Gasteiger partial charge < -0.3 is 10.2 Å². The monoisotopic (exact) mass is 291 g/mol. The van der Waals surface area contributed by atoms with Gasteiger partial charge in [-0.3, -0.25) is 9.69 Å². The van der Waals surface area contributed by atoms with E-state index in [0.29, 0.717) is 29.6 Å². The molecule has 0 saturated heterocycles. The van der Waals surface area contributed by atoms with Crippen molar-refractivity contribution in [3.63, 3.8) is 0 Å². The second kappa shape index (κ2) is 7.59. The minimum atomic E-state index is -0.895. The molecule has 1 aromatic carbocycles. The van der Waals surface area contributed by atoms with Gasteiger partial charge in [0.25, 0.3) is 0 Å². The van der Waals surface area contributed by atoms with Gasteiger partial charge in [0, 0.05) is 19.7 Å². The highest BCUT2D eigenvalue weighted by molar-refractivity contribution is 6.42. The summed E-state index contributed by atoms with van der Waals surface area (Å²) < 4.78 is 0. The average Bonchev–Trinajstić information content (AvgIpc) is 2.30. The highest BCUT2D eigenvalue weighted by Gasteiger charge is 2.10. The number of carboxylic acids is 1. The van der Waals surface area contributed by atoms with E-state index in [-0.39, 0.29) is 13.2 Å². The molecule has 1 aromatic rings. The lowest BCUT2D eigenvalue weighted by Crippen LogP contribution is -2.30. The Morgan fingerprint density at radius 3 is 2.56 bits per heavy atom. The molecule has 0 aliphatic rings. The van der Waals surface area contributed by atoms with E-state index in [2.05, 4.69) is 0 Å². The molecule has 2 N–H and O–H groups in total. The lowest BCUT2D eigenvalue weighted by atomic mass is 10.2. The molecule has 0 heterocycles. The number of carboxylic acid groups (broad SMARTS) is 1. The number of rotatable bonds is 7. The molecule has 0 fully saturated rings. The zero-order valence-electron chi connectivity index (χ0n) is 9.77. The van der Waals surface area contributed by atoms with E-state index in [1.807, 2.05) is 6.07 Å². The van der Waals surface area contributed by atoms with Gasteiger partial charge in [0.2, 0.25) is 0 Å². The first-order chi connectivity index (χ1) is 8.52. The second-order valence-electron chi connectivity index (χ2n) is 3.93. The Balaban J connectivity index is 2.68. The summed E-state index contributed by atoms with van der Waals surface area (Å²) in [6.07, 6.45) is 0.536. The molecule has 4 nitrogen and oxygen atoms in total. The van der Waals surface area contributed by atoms with Gasteiger partial charge >= 0.3 is 5.97 Å². The van der Waals surface area contributed by atoms with Gasteiger partial charge in [-0.1, -0.05) is 29.3 Å². The Labute approximate surface area is 116 Å². The van der Waals surface area contributed by atoms with E-state index in [0.717, 1.165) is 5.56 Å². The molecule has 0 spiro atoms. The van der Waals surface area contributed by atoms with Crippen LogP contribution in [-0.2, 0) is 11.3 Å². The standard InChI is InChI=1S/C12H15Cl2NO3/c13-10-3-2-9(6-11(10)14)7-15(4-1-5-16)8-12(17)18/h2-3,6,16H,1,4-5,7-8H2,(H,17,18). The Kier molecular flexibility index (Phi) is 6.43. The fraction of sp³-hybridized carbons (Fsp3) is 0.417. The topological polar surface area (TPSA) is 60.8 Å². The minimum Gasteiger partial charge on any atom is -0.480 e. The fourth-order valence-corrected chi connectivity index (χ4v) is 1.92. The van der Waals surface area contributed by atoms with Crippen molar-refractivity contribution in [1.29, 1.82) is 0 Å². The predicted octanol–water partition coefficient (Wildman–Crippen LogP) is 2.26. The molecule has 0 aliphatic heterocycles. The van der Waals surface area contributed by atoms with Crippen LogP contribution in [0.4, 0.5) is 0 Å². The number of aliphatic hydroxyl groups is 1. The van der Waals surface area contributed by atoms with Gasteiger partial charge in [-0.2, -0.15) is 0 Å². The third-order valence-electron chi connectivity index (χ3n) is 2.38. The van der Waals surface area contributed by atoms with Crippen LogP contribution in [0.3, 0.4) is 0 Å². The first kappa shape index (κ1) is 15.2. The number of carbonyl (C=O) groups is 1. The van der Waals surface area contributed by atoms with Crippen molar-refractivity contribution in [2.24, 2.45) is 0 Å². The van der Waals surface area contributed by atoms with Gasteiger partial charge in [-0.15, -0.1) is 0 Å². The number of benzene rings is 1. The second-order valence-corrected chi connectivity index (χ2v) is 4.74. The third-order valence-corrected chi connectivity index (χ3v) is 3.12. The lowest BCUT2D eigenvalue weighted by Gasteiger charge is -2.20. The van der Waals surface area contributed by atoms with Crippen LogP contribution in [0.25, 0.3) is 0 Å². The van der Waals surface area contributed by atoms with Gasteiger partial charge in [-0.25, -0.2) is 0 Å². The van der Waals surface area contributed by atoms with Crippen molar-refractivity contribution in [2.75, 3.05) is 19.7 Å². The van der Waals surface area contributed by atoms with Crippen LogP contribution in [0.15, 0.2) is 18.2 Å². The molecule has 1 rings (SSSR count). The van der Waals surface area contributed by atoms with E-state index >= 15 is 0 Å². The molecule has 6 heteroatoms. The summed E-state index contributed by atoms with van der Waals surface area (Å²) in [6.45, 7) is 0.948. The van der Waals surface area contributed by atoms with Gasteiger partial charge in [0.1, 0.15) is 0 Å². The largest absolute Gasteiger partial charge is 0.480 e. The highest BCUT2D eigenvalue weighted by atomic mass is 35.5. The first-order valence-electron chi connectivity index (χ1n) is 5.52. The Morgan fingerprint density at radius 1 is 1.28 bits per heavy atom. The van der Waals surface area contributed by atoms with E-state index in [1.165, 1.54) is 0 Å². The lowest BCUT2D eigenvalue weighted by molar-refractivity contribution is -0.138. The van der Waals surface area contributed by atoms with Crippen LogP contribution in [-0.4, -0.2) is 40.8 Å². The van der Waals surface area contributed by atoms with Gasteiger partial charge in [0.05, 0.1) is 16.6 Å². The minimum absolute atomic E-state index is 0.0392. The van der Waals surface area contributed by atoms with Crippen LogP contribution < -0.4 is 0 Å². The van der Waals surface area contributed by atoms with Crippen molar-refractivity contribution >= 4 is 29.2 Å². The molecule has 0 saturated carbocycles. The molecule has 0 aromatic heterocycles. The smallest absolute Gasteiger partial charge is 0.317 e. The summed E-state index contributed by atoms with van der Waals surface area (Å²) in [5, 5.41) is 18.5. The number of hydrogen-bond acceptors (Lipinski definition) is 3. The van der Waals surface area contributed by atoms with E-state index < -0.39 is 5.97 Å². The SMILES string of the molecule is O=C(O)CN(CCCO)Cc1ccc(Cl)c(Cl)c1. The molecule has 18 heavy (non-hydrogen) atoms. The number of halogens is 2. The third kappa shape index (κ3) is 5.23. The van der Waals surface area contributed by atoms with Crippen LogP contribution >= 0.6 is 23.2 Å². The number of hydrogen-bond donors (Lipinski definition) is 2. The van der Waals surface area contributed by atoms with E-state index in [1.54, 1.807) is 17.0 Å². The summed E-state index contributed by atoms with van der Waals surface area (Å²) >= 11 is 11.7. The molecule has 100 valence electrons. The number of aliphatic carboxylic acids is 1. The van der Waals surface area contributed by atoms with Crippen LogP contribution in [0.2, 0.25) is 10.0 Å². The van der Waals surface area contributed by atoms with Crippen LogP contribution in [0.1, 0.15) is 12.0 Å². The van der Waals surface area contributed by atoms with Crippen molar-refractivity contribution in [3.8, 4) is 0 Å². The maximum Gasteiger partial charge on any atom is 0.317 e. The van der Waals surface area contributed by atoms with Crippen molar-refractivity contribution < 1.29 is 15.0 Å². The molecule has 0 radical (unpaired) electrons. The van der Waals surface area contributed by atoms with Crippen molar-refractivity contribution in [2.45, 2.75) is 13.0 Å².